The van der Waals surface area contributed by atoms with E-state index in [0.717, 1.165) is 47.4 Å². The van der Waals surface area contributed by atoms with Crippen LogP contribution in [-0.4, -0.2) is 50.0 Å². The molecule has 37 heavy (non-hydrogen) atoms. The highest BCUT2D eigenvalue weighted by Crippen LogP contribution is 2.28. The average Bonchev–Trinajstić information content (AvgIpc) is 2.85. The van der Waals surface area contributed by atoms with Gasteiger partial charge in [0.2, 0.25) is 21.8 Å². The van der Waals surface area contributed by atoms with Crippen molar-refractivity contribution in [3.05, 3.63) is 64.2 Å². The minimum absolute atomic E-state index is 0.105. The van der Waals surface area contributed by atoms with Gasteiger partial charge in [0.1, 0.15) is 12.6 Å². The van der Waals surface area contributed by atoms with Crippen LogP contribution in [0.15, 0.2) is 42.5 Å². The number of aryl methyl sites for hydroxylation is 1. The molecule has 202 valence electrons. The van der Waals surface area contributed by atoms with Gasteiger partial charge in [-0.1, -0.05) is 73.7 Å². The van der Waals surface area contributed by atoms with Crippen molar-refractivity contribution in [2.75, 3.05) is 17.1 Å². The van der Waals surface area contributed by atoms with Crippen molar-refractivity contribution in [1.29, 1.82) is 0 Å². The van der Waals surface area contributed by atoms with Crippen LogP contribution in [0.3, 0.4) is 0 Å². The highest BCUT2D eigenvalue weighted by molar-refractivity contribution is 7.92. The largest absolute Gasteiger partial charge is 0.352 e. The quantitative estimate of drug-likeness (QED) is 0.454. The number of rotatable bonds is 10. The average molecular weight is 548 g/mol. The Morgan fingerprint density at radius 3 is 2.30 bits per heavy atom. The van der Waals surface area contributed by atoms with Gasteiger partial charge in [-0.25, -0.2) is 8.42 Å². The first-order chi connectivity index (χ1) is 17.5. The molecule has 0 spiro atoms. The fraction of sp³-hybridized carbons (Fsp3) is 0.500. The number of halogens is 1. The van der Waals surface area contributed by atoms with Gasteiger partial charge in [0.25, 0.3) is 0 Å². The third kappa shape index (κ3) is 7.71. The van der Waals surface area contributed by atoms with E-state index >= 15 is 0 Å². The van der Waals surface area contributed by atoms with Crippen LogP contribution in [0, 0.1) is 13.8 Å². The van der Waals surface area contributed by atoms with Gasteiger partial charge in [0, 0.05) is 17.6 Å². The van der Waals surface area contributed by atoms with Crippen LogP contribution in [-0.2, 0) is 26.2 Å². The van der Waals surface area contributed by atoms with Gasteiger partial charge in [-0.3, -0.25) is 13.9 Å². The zero-order chi connectivity index (χ0) is 27.2. The Morgan fingerprint density at radius 2 is 1.70 bits per heavy atom. The van der Waals surface area contributed by atoms with Gasteiger partial charge in [-0.2, -0.15) is 0 Å². The zero-order valence-electron chi connectivity index (χ0n) is 22.2. The standard InChI is InChI=1S/C28H38ClN3O4S/c1-5-25(28(34)30-23-10-7-6-8-11-23)31(18-22-16-14-20(2)15-17-22)27(33)19-32(37(4,35)36)26-13-9-12-24(29)21(26)3/h9,12-17,23,25H,5-8,10-11,18-19H2,1-4H3,(H,30,34). The molecule has 2 aromatic carbocycles. The molecule has 1 aliphatic rings. The van der Waals surface area contributed by atoms with Crippen molar-refractivity contribution in [3.8, 4) is 0 Å². The van der Waals surface area contributed by atoms with Crippen molar-refractivity contribution in [2.45, 2.75) is 77.9 Å². The summed E-state index contributed by atoms with van der Waals surface area (Å²) in [5.41, 5.74) is 2.86. The van der Waals surface area contributed by atoms with E-state index in [1.54, 1.807) is 25.1 Å². The summed E-state index contributed by atoms with van der Waals surface area (Å²) in [7, 11) is -3.81. The minimum atomic E-state index is -3.81. The molecule has 3 rings (SSSR count). The summed E-state index contributed by atoms with van der Waals surface area (Å²) in [5.74, 6) is -0.643. The zero-order valence-corrected chi connectivity index (χ0v) is 23.7. The van der Waals surface area contributed by atoms with E-state index in [1.165, 1.54) is 11.3 Å². The number of nitrogens with zero attached hydrogens (tertiary/aromatic N) is 2. The second kappa shape index (κ2) is 12.8. The van der Waals surface area contributed by atoms with Crippen molar-refractivity contribution in [3.63, 3.8) is 0 Å². The van der Waals surface area contributed by atoms with Crippen LogP contribution < -0.4 is 9.62 Å². The van der Waals surface area contributed by atoms with E-state index in [4.69, 9.17) is 11.6 Å². The number of carbonyl (C=O) groups is 2. The van der Waals surface area contributed by atoms with Crippen molar-refractivity contribution < 1.29 is 18.0 Å². The summed E-state index contributed by atoms with van der Waals surface area (Å²) in [6.07, 6.45) is 6.68. The van der Waals surface area contributed by atoms with Gasteiger partial charge in [-0.15, -0.1) is 0 Å². The third-order valence-electron chi connectivity index (χ3n) is 7.00. The predicted molar refractivity (Wildman–Crippen MR) is 149 cm³/mol. The SMILES string of the molecule is CCC(C(=O)NC1CCCCC1)N(Cc1ccc(C)cc1)C(=O)CN(c1cccc(Cl)c1C)S(C)(=O)=O. The minimum Gasteiger partial charge on any atom is -0.352 e. The molecule has 1 unspecified atom stereocenters. The molecule has 0 aromatic heterocycles. The molecule has 0 saturated heterocycles. The molecule has 9 heteroatoms. The topological polar surface area (TPSA) is 86.8 Å². The molecule has 1 aliphatic carbocycles. The lowest BCUT2D eigenvalue weighted by Crippen LogP contribution is -2.54. The number of carbonyl (C=O) groups excluding carboxylic acids is 2. The second-order valence-electron chi connectivity index (χ2n) is 9.93. The van der Waals surface area contributed by atoms with Crippen LogP contribution >= 0.6 is 11.6 Å². The lowest BCUT2D eigenvalue weighted by Gasteiger charge is -2.34. The molecule has 1 N–H and O–H groups in total. The van der Waals surface area contributed by atoms with Gasteiger partial charge >= 0.3 is 0 Å². The molecule has 0 bridgehead atoms. The van der Waals surface area contributed by atoms with Crippen LogP contribution in [0.5, 0.6) is 0 Å². The number of nitrogens with one attached hydrogen (secondary N) is 1. The molecule has 0 aliphatic heterocycles. The second-order valence-corrected chi connectivity index (χ2v) is 12.2. The number of sulfonamides is 1. The van der Waals surface area contributed by atoms with Gasteiger partial charge < -0.3 is 10.2 Å². The fourth-order valence-electron chi connectivity index (χ4n) is 4.82. The molecule has 7 nitrogen and oxygen atoms in total. The summed E-state index contributed by atoms with van der Waals surface area (Å²) >= 11 is 6.26. The predicted octanol–water partition coefficient (Wildman–Crippen LogP) is 4.98. The maximum Gasteiger partial charge on any atom is 0.244 e. The van der Waals surface area contributed by atoms with Crippen LogP contribution in [0.1, 0.15) is 62.1 Å². The normalized spacial score (nSPS) is 15.2. The van der Waals surface area contributed by atoms with E-state index in [2.05, 4.69) is 5.32 Å². The highest BCUT2D eigenvalue weighted by Gasteiger charge is 2.33. The first-order valence-corrected chi connectivity index (χ1v) is 15.1. The van der Waals surface area contributed by atoms with E-state index in [-0.39, 0.29) is 18.5 Å². The van der Waals surface area contributed by atoms with Crippen molar-refractivity contribution in [1.82, 2.24) is 10.2 Å². The van der Waals surface area contributed by atoms with Crippen molar-refractivity contribution in [2.24, 2.45) is 0 Å². The number of hydrogen-bond acceptors (Lipinski definition) is 4. The third-order valence-corrected chi connectivity index (χ3v) is 8.53. The number of anilines is 1. The lowest BCUT2D eigenvalue weighted by molar-refractivity contribution is -0.140. The van der Waals surface area contributed by atoms with E-state index in [0.29, 0.717) is 22.7 Å². The Labute approximate surface area is 226 Å². The molecule has 1 fully saturated rings. The Balaban J connectivity index is 1.93. The first-order valence-electron chi connectivity index (χ1n) is 12.9. The van der Waals surface area contributed by atoms with Crippen LogP contribution in [0.25, 0.3) is 0 Å². The van der Waals surface area contributed by atoms with Gasteiger partial charge in [-0.05, 0) is 56.4 Å². The monoisotopic (exact) mass is 547 g/mol. The Morgan fingerprint density at radius 1 is 1.05 bits per heavy atom. The molecule has 0 radical (unpaired) electrons. The van der Waals surface area contributed by atoms with E-state index < -0.39 is 28.5 Å². The van der Waals surface area contributed by atoms with Crippen LogP contribution in [0.4, 0.5) is 5.69 Å². The molecule has 1 saturated carbocycles. The maximum absolute atomic E-state index is 13.8. The maximum atomic E-state index is 13.8. The summed E-state index contributed by atoms with van der Waals surface area (Å²) in [5, 5.41) is 3.56. The Hall–Kier alpha value is -2.58. The Kier molecular flexibility index (Phi) is 10.0. The summed E-state index contributed by atoms with van der Waals surface area (Å²) in [6.45, 7) is 5.34. The Bertz CT molecular complexity index is 1190. The van der Waals surface area contributed by atoms with Crippen molar-refractivity contribution >= 4 is 39.1 Å². The fourth-order valence-corrected chi connectivity index (χ4v) is 5.88. The highest BCUT2D eigenvalue weighted by atomic mass is 35.5. The summed E-state index contributed by atoms with van der Waals surface area (Å²) in [6, 6.07) is 12.1. The van der Waals surface area contributed by atoms with E-state index in [1.807, 2.05) is 38.1 Å². The molecule has 0 heterocycles. The number of benzene rings is 2. The molecular weight excluding hydrogens is 510 g/mol. The first kappa shape index (κ1) is 29.0. The number of hydrogen-bond donors (Lipinski definition) is 1. The lowest BCUT2D eigenvalue weighted by atomic mass is 9.95. The molecular formula is C28H38ClN3O4S. The molecule has 2 aromatic rings. The van der Waals surface area contributed by atoms with Gasteiger partial charge in [0.05, 0.1) is 11.9 Å². The smallest absolute Gasteiger partial charge is 0.244 e. The summed E-state index contributed by atoms with van der Waals surface area (Å²) < 4.78 is 26.7. The molecule has 2 amide bonds. The number of amides is 2. The van der Waals surface area contributed by atoms with E-state index in [9.17, 15) is 18.0 Å². The van der Waals surface area contributed by atoms with Crippen LogP contribution in [0.2, 0.25) is 5.02 Å². The summed E-state index contributed by atoms with van der Waals surface area (Å²) in [4.78, 5) is 28.8. The molecule has 1 atom stereocenters. The van der Waals surface area contributed by atoms with Gasteiger partial charge in [0.15, 0.2) is 0 Å².